The number of likely N-dealkylation sites (tertiary alicyclic amines) is 1. The van der Waals surface area contributed by atoms with Crippen LogP contribution in [0.3, 0.4) is 0 Å². The number of benzene rings is 1. The Morgan fingerprint density at radius 3 is 2.55 bits per heavy atom. The number of amides is 2. The van der Waals surface area contributed by atoms with Crippen LogP contribution in [0, 0.1) is 6.92 Å². The highest BCUT2D eigenvalue weighted by atomic mass is 19.4. The molecule has 0 spiro atoms. The Morgan fingerprint density at radius 1 is 1.19 bits per heavy atom. The Hall–Kier alpha value is -3.30. The standard InChI is InChI=1S/C21H24F3N5O2/c1-13-10-16(11-26-18(13)25)28-19(30)20(31)29-9-3-2-4-17(29)14-5-7-15(8-6-14)27-12-21(22,23)24/h5-8,10-11,17,27H,2-4,9,12H2,1H3,(H2,25,26)(H,28,30)/t17-/m0/s1. The predicted octanol–water partition coefficient (Wildman–Crippen LogP) is 3.64. The number of hydrogen-bond donors (Lipinski definition) is 3. The van der Waals surface area contributed by atoms with Crippen molar-refractivity contribution in [2.75, 3.05) is 29.5 Å². The largest absolute Gasteiger partial charge is 0.405 e. The van der Waals surface area contributed by atoms with E-state index in [9.17, 15) is 22.8 Å². The van der Waals surface area contributed by atoms with E-state index >= 15 is 0 Å². The highest BCUT2D eigenvalue weighted by Crippen LogP contribution is 2.32. The average molecular weight is 435 g/mol. The fourth-order valence-corrected chi connectivity index (χ4v) is 3.52. The summed E-state index contributed by atoms with van der Waals surface area (Å²) >= 11 is 0. The third-order valence-electron chi connectivity index (χ3n) is 5.12. The van der Waals surface area contributed by atoms with Gasteiger partial charge in [-0.1, -0.05) is 12.1 Å². The van der Waals surface area contributed by atoms with Gasteiger partial charge in [0.05, 0.1) is 17.9 Å². The van der Waals surface area contributed by atoms with E-state index in [1.165, 1.54) is 11.1 Å². The summed E-state index contributed by atoms with van der Waals surface area (Å²) in [6.45, 7) is 1.04. The number of pyridine rings is 1. The second-order valence-electron chi connectivity index (χ2n) is 7.48. The summed E-state index contributed by atoms with van der Waals surface area (Å²) in [5.74, 6) is -1.10. The highest BCUT2D eigenvalue weighted by molar-refractivity contribution is 6.39. The van der Waals surface area contributed by atoms with Crippen molar-refractivity contribution >= 4 is 29.0 Å². The van der Waals surface area contributed by atoms with Crippen molar-refractivity contribution in [3.8, 4) is 0 Å². The Bertz CT molecular complexity index is 947. The van der Waals surface area contributed by atoms with Gasteiger partial charge in [-0.15, -0.1) is 0 Å². The summed E-state index contributed by atoms with van der Waals surface area (Å²) in [6, 6.07) is 7.76. The zero-order chi connectivity index (χ0) is 22.6. The molecular weight excluding hydrogens is 411 g/mol. The van der Waals surface area contributed by atoms with E-state index in [0.29, 0.717) is 35.7 Å². The number of nitrogens with zero attached hydrogens (tertiary/aromatic N) is 2. The van der Waals surface area contributed by atoms with Crippen LogP contribution in [0.5, 0.6) is 0 Å². The maximum absolute atomic E-state index is 12.8. The first-order chi connectivity index (χ1) is 14.6. The fourth-order valence-electron chi connectivity index (χ4n) is 3.52. The van der Waals surface area contributed by atoms with Crippen molar-refractivity contribution < 1.29 is 22.8 Å². The third-order valence-corrected chi connectivity index (χ3v) is 5.12. The first kappa shape index (κ1) is 22.4. The van der Waals surface area contributed by atoms with Gasteiger partial charge in [-0.25, -0.2) is 4.98 Å². The van der Waals surface area contributed by atoms with E-state index in [-0.39, 0.29) is 6.04 Å². The lowest BCUT2D eigenvalue weighted by molar-refractivity contribution is -0.145. The zero-order valence-corrected chi connectivity index (χ0v) is 17.0. The van der Waals surface area contributed by atoms with Gasteiger partial charge >= 0.3 is 18.0 Å². The molecule has 0 unspecified atom stereocenters. The molecule has 0 bridgehead atoms. The molecule has 0 aliphatic carbocycles. The molecule has 3 rings (SSSR count). The van der Waals surface area contributed by atoms with Crippen molar-refractivity contribution in [2.45, 2.75) is 38.4 Å². The molecule has 1 aliphatic heterocycles. The van der Waals surface area contributed by atoms with E-state index in [1.54, 1.807) is 37.3 Å². The number of aromatic nitrogens is 1. The summed E-state index contributed by atoms with van der Waals surface area (Å²) in [7, 11) is 0. The first-order valence-corrected chi connectivity index (χ1v) is 9.89. The molecule has 4 N–H and O–H groups in total. The number of alkyl halides is 3. The zero-order valence-electron chi connectivity index (χ0n) is 17.0. The number of nitrogens with two attached hydrogens (primary N) is 1. The van der Waals surface area contributed by atoms with Crippen LogP contribution < -0.4 is 16.4 Å². The lowest BCUT2D eigenvalue weighted by Crippen LogP contribution is -2.44. The lowest BCUT2D eigenvalue weighted by Gasteiger charge is -2.35. The summed E-state index contributed by atoms with van der Waals surface area (Å²) < 4.78 is 37.1. The number of carbonyl (C=O) groups is 2. The minimum Gasteiger partial charge on any atom is -0.383 e. The van der Waals surface area contributed by atoms with E-state index in [1.807, 2.05) is 0 Å². The Kier molecular flexibility index (Phi) is 6.67. The number of nitrogens with one attached hydrogen (secondary N) is 2. The molecule has 0 saturated carbocycles. The minimum atomic E-state index is -4.31. The number of hydrogen-bond acceptors (Lipinski definition) is 5. The van der Waals surface area contributed by atoms with Crippen LogP contribution in [0.2, 0.25) is 0 Å². The van der Waals surface area contributed by atoms with Crippen molar-refractivity contribution in [3.05, 3.63) is 47.7 Å². The van der Waals surface area contributed by atoms with Gasteiger partial charge in [-0.2, -0.15) is 13.2 Å². The summed E-state index contributed by atoms with van der Waals surface area (Å²) in [6.07, 6.45) is -0.615. The number of halogens is 3. The molecule has 1 aliphatic rings. The van der Waals surface area contributed by atoms with Crippen LogP contribution in [0.25, 0.3) is 0 Å². The molecule has 2 amide bonds. The van der Waals surface area contributed by atoms with Crippen LogP contribution in [-0.2, 0) is 9.59 Å². The summed E-state index contributed by atoms with van der Waals surface area (Å²) in [5.41, 5.74) is 7.82. The van der Waals surface area contributed by atoms with Crippen LogP contribution in [0.1, 0.15) is 36.4 Å². The van der Waals surface area contributed by atoms with Crippen LogP contribution >= 0.6 is 0 Å². The lowest BCUT2D eigenvalue weighted by atomic mass is 9.95. The third kappa shape index (κ3) is 5.87. The van der Waals surface area contributed by atoms with Gasteiger partial charge in [-0.05, 0) is 55.5 Å². The molecule has 0 radical (unpaired) electrons. The monoisotopic (exact) mass is 435 g/mol. The molecule has 31 heavy (non-hydrogen) atoms. The predicted molar refractivity (Wildman–Crippen MR) is 111 cm³/mol. The number of carbonyl (C=O) groups excluding carboxylic acids is 2. The maximum Gasteiger partial charge on any atom is 0.405 e. The number of piperidine rings is 1. The van der Waals surface area contributed by atoms with Crippen molar-refractivity contribution in [1.29, 1.82) is 0 Å². The molecule has 2 aromatic rings. The van der Waals surface area contributed by atoms with Gasteiger partial charge < -0.3 is 21.3 Å². The van der Waals surface area contributed by atoms with E-state index in [2.05, 4.69) is 15.6 Å². The molecule has 10 heteroatoms. The van der Waals surface area contributed by atoms with Gasteiger partial charge in [0.15, 0.2) is 0 Å². The molecule has 1 aromatic heterocycles. The van der Waals surface area contributed by atoms with E-state index in [4.69, 9.17) is 5.73 Å². The molecule has 1 aromatic carbocycles. The Balaban J connectivity index is 1.69. The quantitative estimate of drug-likeness (QED) is 0.637. The topological polar surface area (TPSA) is 100 Å². The van der Waals surface area contributed by atoms with Gasteiger partial charge in [0.2, 0.25) is 0 Å². The summed E-state index contributed by atoms with van der Waals surface area (Å²) in [5, 5.41) is 4.87. The SMILES string of the molecule is Cc1cc(NC(=O)C(=O)N2CCCC[C@H]2c2ccc(NCC(F)(F)F)cc2)cnc1N. The van der Waals surface area contributed by atoms with Crippen LogP contribution in [0.4, 0.5) is 30.4 Å². The number of rotatable bonds is 4. The van der Waals surface area contributed by atoms with Crippen molar-refractivity contribution in [3.63, 3.8) is 0 Å². The first-order valence-electron chi connectivity index (χ1n) is 9.89. The molecule has 1 fully saturated rings. The number of nitrogen functional groups attached to an aromatic ring is 1. The second kappa shape index (κ2) is 9.23. The smallest absolute Gasteiger partial charge is 0.383 e. The Morgan fingerprint density at radius 2 is 1.90 bits per heavy atom. The second-order valence-corrected chi connectivity index (χ2v) is 7.48. The maximum atomic E-state index is 12.8. The molecule has 2 heterocycles. The van der Waals surface area contributed by atoms with Crippen molar-refractivity contribution in [1.82, 2.24) is 9.88 Å². The van der Waals surface area contributed by atoms with E-state index in [0.717, 1.165) is 18.4 Å². The van der Waals surface area contributed by atoms with E-state index < -0.39 is 24.5 Å². The van der Waals surface area contributed by atoms with Gasteiger partial charge in [-0.3, -0.25) is 9.59 Å². The minimum absolute atomic E-state index is 0.324. The van der Waals surface area contributed by atoms with Gasteiger partial charge in [0, 0.05) is 12.2 Å². The van der Waals surface area contributed by atoms with Gasteiger partial charge in [0.1, 0.15) is 12.4 Å². The number of anilines is 3. The molecule has 166 valence electrons. The number of aryl methyl sites for hydroxylation is 1. The fraction of sp³-hybridized carbons (Fsp3) is 0.381. The molecular formula is C21H24F3N5O2. The van der Waals surface area contributed by atoms with Crippen molar-refractivity contribution in [2.24, 2.45) is 0 Å². The average Bonchev–Trinajstić information content (AvgIpc) is 2.74. The normalized spacial score (nSPS) is 16.6. The molecule has 1 saturated heterocycles. The summed E-state index contributed by atoms with van der Waals surface area (Å²) in [4.78, 5) is 30.9. The van der Waals surface area contributed by atoms with Crippen LogP contribution in [0.15, 0.2) is 36.5 Å². The Labute approximate surface area is 177 Å². The van der Waals surface area contributed by atoms with Crippen LogP contribution in [-0.4, -0.2) is 41.0 Å². The van der Waals surface area contributed by atoms with Gasteiger partial charge in [0.25, 0.3) is 0 Å². The molecule has 7 nitrogen and oxygen atoms in total. The highest BCUT2D eigenvalue weighted by Gasteiger charge is 2.32. The molecule has 1 atom stereocenters.